The molecule has 1 aliphatic heterocycles. The summed E-state index contributed by atoms with van der Waals surface area (Å²) in [4.78, 5) is 24.4. The summed E-state index contributed by atoms with van der Waals surface area (Å²) >= 11 is 0. The van der Waals surface area contributed by atoms with E-state index in [4.69, 9.17) is 0 Å². The zero-order chi connectivity index (χ0) is 23.3. The number of sulfonamides is 1. The van der Waals surface area contributed by atoms with Crippen LogP contribution in [0.4, 0.5) is 11.4 Å². The Kier molecular flexibility index (Phi) is 6.74. The second-order valence-corrected chi connectivity index (χ2v) is 9.62. The number of aryl methyl sites for hydroxylation is 1. The van der Waals surface area contributed by atoms with Crippen molar-refractivity contribution in [3.63, 3.8) is 0 Å². The molecule has 3 aromatic rings. The van der Waals surface area contributed by atoms with E-state index < -0.39 is 10.0 Å². The zero-order valence-electron chi connectivity index (χ0n) is 18.0. The molecule has 0 unspecified atom stereocenters. The molecule has 1 aliphatic rings. The van der Waals surface area contributed by atoms with Gasteiger partial charge in [0.2, 0.25) is 5.91 Å². The summed E-state index contributed by atoms with van der Waals surface area (Å²) in [5.74, 6) is -0.513. The van der Waals surface area contributed by atoms with E-state index in [-0.39, 0.29) is 29.7 Å². The van der Waals surface area contributed by atoms with Crippen molar-refractivity contribution in [3.05, 3.63) is 90.0 Å². The molecule has 0 spiro atoms. The number of benzene rings is 3. The first-order valence-electron chi connectivity index (χ1n) is 10.8. The quantitative estimate of drug-likeness (QED) is 0.560. The van der Waals surface area contributed by atoms with Gasteiger partial charge in [0.1, 0.15) is 0 Å². The fourth-order valence-corrected chi connectivity index (χ4v) is 5.33. The van der Waals surface area contributed by atoms with Crippen LogP contribution in [0.1, 0.15) is 28.8 Å². The lowest BCUT2D eigenvalue weighted by Gasteiger charge is -2.30. The highest BCUT2D eigenvalue weighted by atomic mass is 32.2. The molecule has 0 fully saturated rings. The molecule has 3 aromatic carbocycles. The fourth-order valence-electron chi connectivity index (χ4n) is 3.79. The predicted molar refractivity (Wildman–Crippen MR) is 128 cm³/mol. The molecule has 33 heavy (non-hydrogen) atoms. The molecule has 0 radical (unpaired) electrons. The highest BCUT2D eigenvalue weighted by Crippen LogP contribution is 2.32. The molecule has 4 rings (SSSR count). The van der Waals surface area contributed by atoms with Gasteiger partial charge in [0.15, 0.2) is 0 Å². The van der Waals surface area contributed by atoms with Crippen molar-refractivity contribution in [2.24, 2.45) is 0 Å². The van der Waals surface area contributed by atoms with E-state index in [0.717, 1.165) is 24.1 Å². The van der Waals surface area contributed by atoms with Crippen LogP contribution in [-0.4, -0.2) is 33.3 Å². The molecule has 170 valence electrons. The van der Waals surface area contributed by atoms with Crippen LogP contribution in [0.5, 0.6) is 0 Å². The van der Waals surface area contributed by atoms with E-state index in [2.05, 4.69) is 10.6 Å². The third-order valence-electron chi connectivity index (χ3n) is 5.47. The monoisotopic (exact) mass is 463 g/mol. The Labute approximate surface area is 193 Å². The SMILES string of the molecule is O=C(CCNC(=O)c1ccccc1)Nc1ccc(S(=O)(=O)N2CCCc3ccccc32)cc1. The van der Waals surface area contributed by atoms with Gasteiger partial charge in [0.25, 0.3) is 15.9 Å². The van der Waals surface area contributed by atoms with E-state index in [1.807, 2.05) is 30.3 Å². The van der Waals surface area contributed by atoms with E-state index in [1.54, 1.807) is 36.4 Å². The Morgan fingerprint density at radius 1 is 0.879 bits per heavy atom. The first-order valence-corrected chi connectivity index (χ1v) is 12.2. The molecule has 2 amide bonds. The van der Waals surface area contributed by atoms with E-state index in [0.29, 0.717) is 17.8 Å². The number of fused-ring (bicyclic) bond motifs is 1. The minimum Gasteiger partial charge on any atom is -0.352 e. The summed E-state index contributed by atoms with van der Waals surface area (Å²) < 4.78 is 27.9. The maximum absolute atomic E-state index is 13.2. The van der Waals surface area contributed by atoms with Gasteiger partial charge in [-0.1, -0.05) is 36.4 Å². The number of amides is 2. The van der Waals surface area contributed by atoms with Crippen molar-refractivity contribution in [2.75, 3.05) is 22.7 Å². The number of hydrogen-bond acceptors (Lipinski definition) is 4. The van der Waals surface area contributed by atoms with Crippen LogP contribution in [0, 0.1) is 0 Å². The third kappa shape index (κ3) is 5.23. The third-order valence-corrected chi connectivity index (χ3v) is 7.29. The molecule has 2 N–H and O–H groups in total. The number of carbonyl (C=O) groups excluding carboxylic acids is 2. The second kappa shape index (κ2) is 9.87. The van der Waals surface area contributed by atoms with Gasteiger partial charge in [0.05, 0.1) is 10.6 Å². The van der Waals surface area contributed by atoms with Crippen molar-refractivity contribution in [1.82, 2.24) is 5.32 Å². The van der Waals surface area contributed by atoms with Crippen LogP contribution in [0.2, 0.25) is 0 Å². The molecular formula is C25H25N3O4S. The average Bonchev–Trinajstić information content (AvgIpc) is 2.84. The summed E-state index contributed by atoms with van der Waals surface area (Å²) in [6.45, 7) is 0.632. The van der Waals surface area contributed by atoms with Gasteiger partial charge in [-0.05, 0) is 60.9 Å². The van der Waals surface area contributed by atoms with Crippen LogP contribution in [-0.2, 0) is 21.2 Å². The first-order chi connectivity index (χ1) is 15.9. The molecule has 0 aliphatic carbocycles. The Bertz CT molecular complexity index is 1240. The highest BCUT2D eigenvalue weighted by Gasteiger charge is 2.28. The number of rotatable bonds is 7. The Morgan fingerprint density at radius 2 is 1.58 bits per heavy atom. The number of nitrogens with one attached hydrogen (secondary N) is 2. The minimum absolute atomic E-state index is 0.100. The molecular weight excluding hydrogens is 438 g/mol. The summed E-state index contributed by atoms with van der Waals surface area (Å²) in [6, 6.07) is 22.5. The van der Waals surface area contributed by atoms with Crippen LogP contribution in [0.15, 0.2) is 83.8 Å². The first kappa shape index (κ1) is 22.5. The van der Waals surface area contributed by atoms with Crippen molar-refractivity contribution in [2.45, 2.75) is 24.2 Å². The van der Waals surface area contributed by atoms with E-state index >= 15 is 0 Å². The Hall–Kier alpha value is -3.65. The molecule has 0 saturated heterocycles. The average molecular weight is 464 g/mol. The molecule has 8 heteroatoms. The smallest absolute Gasteiger partial charge is 0.264 e. The van der Waals surface area contributed by atoms with Crippen LogP contribution in [0.3, 0.4) is 0 Å². The van der Waals surface area contributed by atoms with Crippen LogP contribution in [0.25, 0.3) is 0 Å². The molecule has 1 heterocycles. The second-order valence-electron chi connectivity index (χ2n) is 7.75. The lowest BCUT2D eigenvalue weighted by molar-refractivity contribution is -0.116. The topological polar surface area (TPSA) is 95.6 Å². The lowest BCUT2D eigenvalue weighted by Crippen LogP contribution is -2.35. The Morgan fingerprint density at radius 3 is 2.33 bits per heavy atom. The standard InChI is InChI=1S/C25H25N3O4S/c29-24(16-17-26-25(30)20-8-2-1-3-9-20)27-21-12-14-22(15-13-21)33(31,32)28-18-6-10-19-7-4-5-11-23(19)28/h1-5,7-9,11-15H,6,10,16-18H2,(H,26,30)(H,27,29). The van der Waals surface area contributed by atoms with Gasteiger partial charge >= 0.3 is 0 Å². The number of carbonyl (C=O) groups is 2. The maximum Gasteiger partial charge on any atom is 0.264 e. The van der Waals surface area contributed by atoms with Crippen molar-refractivity contribution in [1.29, 1.82) is 0 Å². The number of hydrogen-bond donors (Lipinski definition) is 2. The van der Waals surface area contributed by atoms with Gasteiger partial charge in [-0.25, -0.2) is 8.42 Å². The molecule has 0 bridgehead atoms. The van der Waals surface area contributed by atoms with Crippen LogP contribution >= 0.6 is 0 Å². The number of anilines is 2. The van der Waals surface area contributed by atoms with Gasteiger partial charge in [0, 0.05) is 30.8 Å². The van der Waals surface area contributed by atoms with Crippen molar-refractivity contribution in [3.8, 4) is 0 Å². The molecule has 0 atom stereocenters. The van der Waals surface area contributed by atoms with Gasteiger partial charge < -0.3 is 10.6 Å². The summed E-state index contributed by atoms with van der Waals surface area (Å²) in [5, 5.41) is 5.44. The largest absolute Gasteiger partial charge is 0.352 e. The minimum atomic E-state index is -3.70. The Balaban J connectivity index is 1.34. The van der Waals surface area contributed by atoms with E-state index in [9.17, 15) is 18.0 Å². The van der Waals surface area contributed by atoms with Gasteiger partial charge in [-0.2, -0.15) is 0 Å². The number of nitrogens with zero attached hydrogens (tertiary/aromatic N) is 1. The van der Waals surface area contributed by atoms with Crippen LogP contribution < -0.4 is 14.9 Å². The van der Waals surface area contributed by atoms with Crippen molar-refractivity contribution < 1.29 is 18.0 Å². The fraction of sp³-hybridized carbons (Fsp3) is 0.200. The van der Waals surface area contributed by atoms with Gasteiger partial charge in [-0.15, -0.1) is 0 Å². The van der Waals surface area contributed by atoms with E-state index in [1.165, 1.54) is 16.4 Å². The molecule has 0 aromatic heterocycles. The predicted octanol–water partition coefficient (Wildman–Crippen LogP) is 3.59. The maximum atomic E-state index is 13.2. The van der Waals surface area contributed by atoms with Gasteiger partial charge in [-0.3, -0.25) is 13.9 Å². The highest BCUT2D eigenvalue weighted by molar-refractivity contribution is 7.92. The molecule has 7 nitrogen and oxygen atoms in total. The summed E-state index contributed by atoms with van der Waals surface area (Å²) in [5.41, 5.74) is 2.77. The van der Waals surface area contributed by atoms with Crippen molar-refractivity contribution >= 4 is 33.2 Å². The summed E-state index contributed by atoms with van der Waals surface area (Å²) in [7, 11) is -3.70. The summed E-state index contributed by atoms with van der Waals surface area (Å²) in [6.07, 6.45) is 1.73. The lowest BCUT2D eigenvalue weighted by atomic mass is 10.0. The zero-order valence-corrected chi connectivity index (χ0v) is 18.8. The normalized spacial score (nSPS) is 13.2. The number of para-hydroxylation sites is 1. The molecule has 0 saturated carbocycles.